The van der Waals surface area contributed by atoms with Gasteiger partial charge in [0, 0.05) is 0 Å². The van der Waals surface area contributed by atoms with Gasteiger partial charge in [-0.25, -0.2) is 0 Å². The topological polar surface area (TPSA) is 0 Å². The molecule has 250 valence electrons. The highest BCUT2D eigenvalue weighted by Crippen LogP contribution is 2.53. The Morgan fingerprint density at radius 3 is 0.523 bits per heavy atom. The summed E-state index contributed by atoms with van der Waals surface area (Å²) in [5, 5.41) is 0. The molecule has 0 spiro atoms. The quantitative estimate of drug-likeness (QED) is 0.294. The van der Waals surface area contributed by atoms with Crippen LogP contribution in [0.2, 0.25) is 0 Å². The number of hydrogen-bond donors (Lipinski definition) is 0. The third-order valence-electron chi connectivity index (χ3n) is 17.8. The summed E-state index contributed by atoms with van der Waals surface area (Å²) < 4.78 is 0. The third kappa shape index (κ3) is 7.06. The van der Waals surface area contributed by atoms with Crippen molar-refractivity contribution in [1.29, 1.82) is 0 Å². The first kappa shape index (κ1) is 31.3. The second-order valence-corrected chi connectivity index (χ2v) is 19.5. The lowest BCUT2D eigenvalue weighted by atomic mass is 9.60. The van der Waals surface area contributed by atoms with Crippen LogP contribution in [0, 0.1) is 82.9 Å². The van der Waals surface area contributed by atoms with Crippen LogP contribution in [0.25, 0.3) is 0 Å². The van der Waals surface area contributed by atoms with Crippen LogP contribution >= 0.6 is 0 Å². The van der Waals surface area contributed by atoms with Gasteiger partial charge in [0.1, 0.15) is 0 Å². The van der Waals surface area contributed by atoms with Crippen molar-refractivity contribution >= 4 is 0 Å². The fraction of sp³-hybridized carbons (Fsp3) is 1.00. The normalized spacial score (nSPS) is 50.7. The largest absolute Gasteiger partial charge is 0.0530 e. The summed E-state index contributed by atoms with van der Waals surface area (Å²) in [6.45, 7) is 0. The Kier molecular flexibility index (Phi) is 10.4. The molecule has 6 unspecified atom stereocenters. The Labute approximate surface area is 274 Å². The highest BCUT2D eigenvalue weighted by molar-refractivity contribution is 4.92. The van der Waals surface area contributed by atoms with Gasteiger partial charge < -0.3 is 0 Å². The summed E-state index contributed by atoms with van der Waals surface area (Å²) in [6, 6.07) is 0. The van der Waals surface area contributed by atoms with Crippen molar-refractivity contribution in [3.05, 3.63) is 0 Å². The molecular formula is C44H74. The van der Waals surface area contributed by atoms with E-state index in [1.54, 1.807) is 193 Å². The maximum Gasteiger partial charge on any atom is -0.0383 e. The molecule has 0 bridgehead atoms. The van der Waals surface area contributed by atoms with E-state index in [1.165, 1.54) is 0 Å². The van der Waals surface area contributed by atoms with E-state index >= 15 is 0 Å². The second kappa shape index (κ2) is 14.6. The van der Waals surface area contributed by atoms with Gasteiger partial charge in [0.15, 0.2) is 0 Å². The smallest absolute Gasteiger partial charge is 0.0383 e. The Morgan fingerprint density at radius 1 is 0.136 bits per heavy atom. The first-order valence-electron chi connectivity index (χ1n) is 21.8. The van der Waals surface area contributed by atoms with E-state index in [-0.39, 0.29) is 0 Å². The summed E-state index contributed by atoms with van der Waals surface area (Å²) in [5.41, 5.74) is 0. The summed E-state index contributed by atoms with van der Waals surface area (Å²) in [4.78, 5) is 0. The molecule has 8 aliphatic carbocycles. The zero-order chi connectivity index (χ0) is 29.3. The first-order chi connectivity index (χ1) is 21.8. The van der Waals surface area contributed by atoms with Crippen molar-refractivity contribution in [2.75, 3.05) is 0 Å². The fourth-order valence-corrected chi connectivity index (χ4v) is 15.0. The maximum absolute atomic E-state index is 1.63. The van der Waals surface area contributed by atoms with Gasteiger partial charge in [-0.15, -0.1) is 0 Å². The van der Waals surface area contributed by atoms with Crippen molar-refractivity contribution in [2.45, 2.75) is 193 Å². The SMILES string of the molecule is C1CCC2CC(C3CCC(C4CCC(C5CCC(C6CCC(C7CCC8CCCCC8C7)CC6)CC5)CC4)CC3)CCC2C1. The lowest BCUT2D eigenvalue weighted by molar-refractivity contribution is 0.0520. The number of hydrogen-bond acceptors (Lipinski definition) is 0. The molecule has 0 heteroatoms. The van der Waals surface area contributed by atoms with E-state index in [0.717, 1.165) is 82.9 Å². The van der Waals surface area contributed by atoms with E-state index in [2.05, 4.69) is 0 Å². The predicted octanol–water partition coefficient (Wildman–Crippen LogP) is 13.4. The van der Waals surface area contributed by atoms with Gasteiger partial charge in [0.2, 0.25) is 0 Å². The van der Waals surface area contributed by atoms with E-state index in [0.29, 0.717) is 0 Å². The average Bonchev–Trinajstić information content (AvgIpc) is 3.11. The molecule has 8 rings (SSSR count). The molecule has 0 nitrogen and oxygen atoms in total. The van der Waals surface area contributed by atoms with E-state index in [9.17, 15) is 0 Å². The zero-order valence-corrected chi connectivity index (χ0v) is 29.3. The molecule has 0 N–H and O–H groups in total. The third-order valence-corrected chi connectivity index (χ3v) is 17.8. The summed E-state index contributed by atoms with van der Waals surface area (Å²) in [7, 11) is 0. The van der Waals surface area contributed by atoms with Gasteiger partial charge in [-0.3, -0.25) is 0 Å². The van der Waals surface area contributed by atoms with Crippen LogP contribution in [-0.4, -0.2) is 0 Å². The minimum atomic E-state index is 1.11. The molecule has 0 heterocycles. The van der Waals surface area contributed by atoms with E-state index < -0.39 is 0 Å². The van der Waals surface area contributed by atoms with Crippen molar-refractivity contribution in [3.63, 3.8) is 0 Å². The highest BCUT2D eigenvalue weighted by Gasteiger charge is 2.41. The molecule has 8 saturated carbocycles. The fourth-order valence-electron chi connectivity index (χ4n) is 15.0. The summed E-state index contributed by atoms with van der Waals surface area (Å²) >= 11 is 0. The number of fused-ring (bicyclic) bond motifs is 2. The lowest BCUT2D eigenvalue weighted by Crippen LogP contribution is -2.35. The molecule has 44 heavy (non-hydrogen) atoms. The van der Waals surface area contributed by atoms with Gasteiger partial charge >= 0.3 is 0 Å². The van der Waals surface area contributed by atoms with Crippen LogP contribution < -0.4 is 0 Å². The Hall–Kier alpha value is 0. The van der Waals surface area contributed by atoms with Gasteiger partial charge in [0.05, 0.1) is 0 Å². The molecule has 0 aromatic heterocycles. The maximum atomic E-state index is 1.63. The minimum absolute atomic E-state index is 1.11. The molecule has 0 saturated heterocycles. The van der Waals surface area contributed by atoms with Gasteiger partial charge in [-0.05, 0) is 224 Å². The van der Waals surface area contributed by atoms with Crippen molar-refractivity contribution in [3.8, 4) is 0 Å². The van der Waals surface area contributed by atoms with Gasteiger partial charge in [-0.2, -0.15) is 0 Å². The molecule has 8 fully saturated rings. The lowest BCUT2D eigenvalue weighted by Gasteiger charge is -2.46. The Bertz CT molecular complexity index is 784. The monoisotopic (exact) mass is 603 g/mol. The molecule has 6 atom stereocenters. The average molecular weight is 603 g/mol. The Balaban J connectivity index is 0.720. The number of rotatable bonds is 5. The van der Waals surface area contributed by atoms with Gasteiger partial charge in [-0.1, -0.05) is 51.4 Å². The minimum Gasteiger partial charge on any atom is -0.0530 e. The summed E-state index contributed by atoms with van der Waals surface area (Å²) in [5.74, 6) is 15.7. The molecule has 0 aromatic carbocycles. The molecule has 0 amide bonds. The van der Waals surface area contributed by atoms with Crippen LogP contribution in [0.1, 0.15) is 193 Å². The molecule has 0 aromatic rings. The molecule has 0 aliphatic heterocycles. The second-order valence-electron chi connectivity index (χ2n) is 19.5. The first-order valence-corrected chi connectivity index (χ1v) is 21.8. The van der Waals surface area contributed by atoms with Crippen LogP contribution in [0.3, 0.4) is 0 Å². The van der Waals surface area contributed by atoms with Crippen molar-refractivity contribution in [1.82, 2.24) is 0 Å². The van der Waals surface area contributed by atoms with Crippen LogP contribution in [0.5, 0.6) is 0 Å². The van der Waals surface area contributed by atoms with E-state index in [1.807, 2.05) is 0 Å². The zero-order valence-electron chi connectivity index (χ0n) is 29.3. The van der Waals surface area contributed by atoms with Crippen molar-refractivity contribution in [2.24, 2.45) is 82.9 Å². The van der Waals surface area contributed by atoms with Crippen LogP contribution in [-0.2, 0) is 0 Å². The Morgan fingerprint density at radius 2 is 0.273 bits per heavy atom. The van der Waals surface area contributed by atoms with Crippen LogP contribution in [0.4, 0.5) is 0 Å². The predicted molar refractivity (Wildman–Crippen MR) is 187 cm³/mol. The standard InChI is InChI=1S/C44H74/c1-3-7-41-29-43(27-25-31(41)5-1)39-21-17-37(18-22-39)35-13-9-33(10-14-35)34-11-15-36(16-12-34)38-19-23-40(24-20-38)44-28-26-32-6-2-4-8-42(32)30-44/h31-44H,1-30H2. The highest BCUT2D eigenvalue weighted by atomic mass is 14.5. The molecular weight excluding hydrogens is 528 g/mol. The molecule has 0 radical (unpaired) electrons. The summed E-state index contributed by atoms with van der Waals surface area (Å²) in [6.07, 6.45) is 48.0. The van der Waals surface area contributed by atoms with Crippen LogP contribution in [0.15, 0.2) is 0 Å². The van der Waals surface area contributed by atoms with Gasteiger partial charge in [0.25, 0.3) is 0 Å². The van der Waals surface area contributed by atoms with E-state index in [4.69, 9.17) is 0 Å². The van der Waals surface area contributed by atoms with Crippen molar-refractivity contribution < 1.29 is 0 Å². The molecule has 8 aliphatic rings.